The Hall–Kier alpha value is 0.140. The summed E-state index contributed by atoms with van der Waals surface area (Å²) in [6.45, 7) is 0. The number of hydrogen-bond acceptors (Lipinski definition) is 0. The predicted octanol–water partition coefficient (Wildman–Crippen LogP) is 4.60. The fraction of sp³-hybridized carbons (Fsp3) is 0.111. The summed E-state index contributed by atoms with van der Waals surface area (Å²) >= 11 is 11.9. The molecule has 1 rings (SSSR count). The van der Waals surface area contributed by atoms with E-state index >= 15 is 0 Å². The Balaban J connectivity index is 3.13. The lowest BCUT2D eigenvalue weighted by molar-refractivity contribution is 0.623. The van der Waals surface area contributed by atoms with Crippen molar-refractivity contribution in [2.45, 2.75) is 0 Å². The number of allylic oxidation sites excluding steroid dienone is 1. The van der Waals surface area contributed by atoms with Gasteiger partial charge in [-0.2, -0.15) is 0 Å². The van der Waals surface area contributed by atoms with E-state index in [1.54, 1.807) is 18.2 Å². The van der Waals surface area contributed by atoms with Crippen molar-refractivity contribution >= 4 is 49.5 Å². The van der Waals surface area contributed by atoms with Crippen LogP contribution in [0, 0.1) is 5.82 Å². The van der Waals surface area contributed by atoms with Gasteiger partial charge in [-0.25, -0.2) is 4.39 Å². The number of halogens is 4. The third-order valence-corrected chi connectivity index (χ3v) is 2.71. The van der Waals surface area contributed by atoms with Crippen molar-refractivity contribution in [1.29, 1.82) is 0 Å². The minimum absolute atomic E-state index is 0.275. The molecule has 4 heteroatoms. The summed E-state index contributed by atoms with van der Waals surface area (Å²) in [5.41, 5.74) is 0.517. The molecular formula is C9H6Br2ClF. The maximum atomic E-state index is 13.3. The van der Waals surface area contributed by atoms with Gasteiger partial charge in [0, 0.05) is 20.4 Å². The molecule has 0 nitrogen and oxygen atoms in total. The van der Waals surface area contributed by atoms with Gasteiger partial charge in [0.15, 0.2) is 0 Å². The fourth-order valence-electron chi connectivity index (χ4n) is 0.875. The molecule has 0 fully saturated rings. The topological polar surface area (TPSA) is 0 Å². The molecule has 0 spiro atoms. The standard InChI is InChI=1S/C9H6Br2ClF/c10-6-4-8(11)7(2-1-3-12)9(13)5-6/h1-2,4-5H,3H2. The van der Waals surface area contributed by atoms with Gasteiger partial charge in [0.25, 0.3) is 0 Å². The lowest BCUT2D eigenvalue weighted by Crippen LogP contribution is -1.84. The first-order valence-electron chi connectivity index (χ1n) is 3.52. The predicted molar refractivity (Wildman–Crippen MR) is 61.6 cm³/mol. The molecular weight excluding hydrogens is 322 g/mol. The second-order valence-corrected chi connectivity index (χ2v) is 4.42. The molecule has 0 aliphatic carbocycles. The zero-order valence-corrected chi connectivity index (χ0v) is 10.5. The maximum absolute atomic E-state index is 13.3. The van der Waals surface area contributed by atoms with Gasteiger partial charge in [0.05, 0.1) is 0 Å². The molecule has 0 aliphatic rings. The molecule has 0 heterocycles. The molecule has 0 aromatic heterocycles. The van der Waals surface area contributed by atoms with Crippen molar-refractivity contribution < 1.29 is 4.39 Å². The number of alkyl halides is 1. The summed E-state index contributed by atoms with van der Waals surface area (Å²) in [5.74, 6) is 0.102. The minimum atomic E-state index is -0.275. The van der Waals surface area contributed by atoms with Gasteiger partial charge in [-0.3, -0.25) is 0 Å². The summed E-state index contributed by atoms with van der Waals surface area (Å²) in [4.78, 5) is 0. The molecule has 0 saturated heterocycles. The van der Waals surface area contributed by atoms with Gasteiger partial charge in [-0.1, -0.05) is 44.0 Å². The van der Waals surface area contributed by atoms with E-state index in [1.807, 2.05) is 0 Å². The Kier molecular flexibility index (Phi) is 4.42. The van der Waals surface area contributed by atoms with Gasteiger partial charge < -0.3 is 0 Å². The monoisotopic (exact) mass is 326 g/mol. The van der Waals surface area contributed by atoms with Crippen LogP contribution in [0.4, 0.5) is 4.39 Å². The molecule has 0 atom stereocenters. The summed E-state index contributed by atoms with van der Waals surface area (Å²) < 4.78 is 14.7. The summed E-state index contributed by atoms with van der Waals surface area (Å²) in [6, 6.07) is 3.20. The van der Waals surface area contributed by atoms with Crippen LogP contribution >= 0.6 is 43.5 Å². The number of benzene rings is 1. The van der Waals surface area contributed by atoms with Crippen LogP contribution in [0.25, 0.3) is 6.08 Å². The van der Waals surface area contributed by atoms with Gasteiger partial charge in [0.2, 0.25) is 0 Å². The van der Waals surface area contributed by atoms with Crippen LogP contribution in [0.2, 0.25) is 0 Å². The highest BCUT2D eigenvalue weighted by atomic mass is 79.9. The second kappa shape index (κ2) is 5.13. The second-order valence-electron chi connectivity index (χ2n) is 2.34. The minimum Gasteiger partial charge on any atom is -0.206 e. The van der Waals surface area contributed by atoms with Gasteiger partial charge in [0.1, 0.15) is 5.82 Å². The van der Waals surface area contributed by atoms with Crippen LogP contribution < -0.4 is 0 Å². The van der Waals surface area contributed by atoms with Crippen LogP contribution in [-0.2, 0) is 0 Å². The Morgan fingerprint density at radius 2 is 2.08 bits per heavy atom. The Morgan fingerprint density at radius 1 is 1.38 bits per heavy atom. The Labute approximate surface area is 98.0 Å². The third kappa shape index (κ3) is 3.08. The molecule has 13 heavy (non-hydrogen) atoms. The van der Waals surface area contributed by atoms with E-state index in [1.165, 1.54) is 6.07 Å². The highest BCUT2D eigenvalue weighted by molar-refractivity contribution is 9.11. The van der Waals surface area contributed by atoms with Crippen molar-refractivity contribution in [2.24, 2.45) is 0 Å². The first kappa shape index (κ1) is 11.2. The van der Waals surface area contributed by atoms with Crippen LogP contribution in [0.5, 0.6) is 0 Å². The van der Waals surface area contributed by atoms with E-state index in [0.29, 0.717) is 20.4 Å². The number of rotatable bonds is 2. The van der Waals surface area contributed by atoms with E-state index in [9.17, 15) is 4.39 Å². The molecule has 1 aromatic carbocycles. The van der Waals surface area contributed by atoms with Crippen LogP contribution in [0.1, 0.15) is 5.56 Å². The average Bonchev–Trinajstić information content (AvgIpc) is 2.02. The SMILES string of the molecule is Fc1cc(Br)cc(Br)c1C=CCCl. The highest BCUT2D eigenvalue weighted by Gasteiger charge is 2.04. The Bertz CT molecular complexity index is 313. The lowest BCUT2D eigenvalue weighted by atomic mass is 10.2. The van der Waals surface area contributed by atoms with Crippen molar-refractivity contribution in [1.82, 2.24) is 0 Å². The first-order valence-corrected chi connectivity index (χ1v) is 5.64. The third-order valence-electron chi connectivity index (χ3n) is 1.42. The Morgan fingerprint density at radius 3 is 2.62 bits per heavy atom. The molecule has 0 aliphatic heterocycles. The van der Waals surface area contributed by atoms with Crippen molar-refractivity contribution in [3.8, 4) is 0 Å². The maximum Gasteiger partial charge on any atom is 0.132 e. The molecule has 0 N–H and O–H groups in total. The van der Waals surface area contributed by atoms with E-state index < -0.39 is 0 Å². The average molecular weight is 328 g/mol. The van der Waals surface area contributed by atoms with Crippen molar-refractivity contribution in [3.63, 3.8) is 0 Å². The quantitative estimate of drug-likeness (QED) is 0.696. The van der Waals surface area contributed by atoms with Crippen LogP contribution in [0.3, 0.4) is 0 Å². The zero-order valence-electron chi connectivity index (χ0n) is 6.53. The molecule has 0 unspecified atom stereocenters. The summed E-state index contributed by atoms with van der Waals surface area (Å²) in [7, 11) is 0. The van der Waals surface area contributed by atoms with E-state index in [2.05, 4.69) is 31.9 Å². The lowest BCUT2D eigenvalue weighted by Gasteiger charge is -2.01. The molecule has 70 valence electrons. The molecule has 0 amide bonds. The first-order chi connectivity index (χ1) is 6.15. The smallest absolute Gasteiger partial charge is 0.132 e. The van der Waals surface area contributed by atoms with Crippen molar-refractivity contribution in [3.05, 3.63) is 38.5 Å². The van der Waals surface area contributed by atoms with Crippen LogP contribution in [-0.4, -0.2) is 5.88 Å². The molecule has 0 radical (unpaired) electrons. The largest absolute Gasteiger partial charge is 0.206 e. The molecule has 1 aromatic rings. The number of hydrogen-bond donors (Lipinski definition) is 0. The normalized spacial score (nSPS) is 11.1. The van der Waals surface area contributed by atoms with Crippen LogP contribution in [0.15, 0.2) is 27.2 Å². The summed E-state index contributed by atoms with van der Waals surface area (Å²) in [5, 5.41) is 0. The van der Waals surface area contributed by atoms with E-state index in [-0.39, 0.29) is 5.82 Å². The molecule has 0 saturated carbocycles. The van der Waals surface area contributed by atoms with Gasteiger partial charge >= 0.3 is 0 Å². The van der Waals surface area contributed by atoms with Crippen molar-refractivity contribution in [2.75, 3.05) is 5.88 Å². The highest BCUT2D eigenvalue weighted by Crippen LogP contribution is 2.26. The zero-order chi connectivity index (χ0) is 9.84. The summed E-state index contributed by atoms with van der Waals surface area (Å²) in [6.07, 6.45) is 3.34. The van der Waals surface area contributed by atoms with Gasteiger partial charge in [-0.05, 0) is 12.1 Å². The fourth-order valence-corrected chi connectivity index (χ4v) is 2.27. The van der Waals surface area contributed by atoms with E-state index in [4.69, 9.17) is 11.6 Å². The van der Waals surface area contributed by atoms with Gasteiger partial charge in [-0.15, -0.1) is 11.6 Å². The molecule has 0 bridgehead atoms. The van der Waals surface area contributed by atoms with E-state index in [0.717, 1.165) is 0 Å².